The van der Waals surface area contributed by atoms with Crippen molar-refractivity contribution < 1.29 is 23.8 Å². The van der Waals surface area contributed by atoms with Gasteiger partial charge in [-0.25, -0.2) is 4.79 Å². The van der Waals surface area contributed by atoms with Crippen molar-refractivity contribution in [3.63, 3.8) is 0 Å². The van der Waals surface area contributed by atoms with Crippen LogP contribution in [0.4, 0.5) is 11.4 Å². The summed E-state index contributed by atoms with van der Waals surface area (Å²) in [4.78, 5) is 27.2. The first-order valence-electron chi connectivity index (χ1n) is 9.22. The Balaban J connectivity index is 1.88. The van der Waals surface area contributed by atoms with Crippen LogP contribution in [-0.4, -0.2) is 51.9 Å². The molecular weight excluding hydrogens is 360 g/mol. The summed E-state index contributed by atoms with van der Waals surface area (Å²) in [5.41, 5.74) is 2.12. The number of morpholine rings is 1. The topological polar surface area (TPSA) is 77.1 Å². The number of esters is 1. The fourth-order valence-electron chi connectivity index (χ4n) is 3.10. The van der Waals surface area contributed by atoms with Crippen molar-refractivity contribution >= 4 is 23.3 Å². The van der Waals surface area contributed by atoms with Gasteiger partial charge in [-0.15, -0.1) is 0 Å². The monoisotopic (exact) mass is 384 g/mol. The van der Waals surface area contributed by atoms with Gasteiger partial charge in [0.05, 0.1) is 43.7 Å². The Labute approximate surface area is 164 Å². The molecule has 1 saturated heterocycles. The molecule has 0 unspecified atom stereocenters. The number of nitrogens with one attached hydrogen (secondary N) is 1. The van der Waals surface area contributed by atoms with E-state index in [9.17, 15) is 9.59 Å². The molecule has 1 aliphatic rings. The number of carbonyl (C=O) groups is 2. The summed E-state index contributed by atoms with van der Waals surface area (Å²) in [7, 11) is 1.52. The maximum Gasteiger partial charge on any atom is 0.340 e. The Morgan fingerprint density at radius 3 is 2.57 bits per heavy atom. The van der Waals surface area contributed by atoms with E-state index in [-0.39, 0.29) is 12.5 Å². The molecule has 0 bridgehead atoms. The van der Waals surface area contributed by atoms with E-state index in [2.05, 4.69) is 10.2 Å². The number of amides is 1. The zero-order valence-corrected chi connectivity index (χ0v) is 16.1. The van der Waals surface area contributed by atoms with E-state index >= 15 is 0 Å². The van der Waals surface area contributed by atoms with Crippen molar-refractivity contribution in [1.29, 1.82) is 0 Å². The quantitative estimate of drug-likeness (QED) is 0.772. The summed E-state index contributed by atoms with van der Waals surface area (Å²) in [5.74, 6) is -0.251. The molecule has 7 heteroatoms. The highest BCUT2D eigenvalue weighted by atomic mass is 16.5. The zero-order chi connectivity index (χ0) is 19.9. The maximum atomic E-state index is 12.7. The van der Waals surface area contributed by atoms with Crippen molar-refractivity contribution in [2.75, 3.05) is 50.2 Å². The van der Waals surface area contributed by atoms with E-state index < -0.39 is 5.97 Å². The van der Waals surface area contributed by atoms with Crippen LogP contribution in [0.3, 0.4) is 0 Å². The van der Waals surface area contributed by atoms with Crippen LogP contribution in [0.25, 0.3) is 0 Å². The number of hydrogen-bond donors (Lipinski definition) is 1. The Bertz CT molecular complexity index is 846. The average molecular weight is 384 g/mol. The van der Waals surface area contributed by atoms with E-state index in [1.165, 1.54) is 7.11 Å². The molecule has 7 nitrogen and oxygen atoms in total. The molecule has 1 N–H and O–H groups in total. The Morgan fingerprint density at radius 1 is 1.11 bits per heavy atom. The molecule has 3 rings (SSSR count). The Kier molecular flexibility index (Phi) is 6.49. The molecule has 0 radical (unpaired) electrons. The highest BCUT2D eigenvalue weighted by Gasteiger charge is 2.21. The minimum Gasteiger partial charge on any atom is -0.496 e. The van der Waals surface area contributed by atoms with E-state index in [1.54, 1.807) is 43.3 Å². The molecular formula is C21H24N2O5. The highest BCUT2D eigenvalue weighted by Crippen LogP contribution is 2.27. The third-order valence-corrected chi connectivity index (χ3v) is 4.45. The first-order chi connectivity index (χ1) is 13.6. The summed E-state index contributed by atoms with van der Waals surface area (Å²) in [6, 6.07) is 12.2. The van der Waals surface area contributed by atoms with E-state index in [0.29, 0.717) is 48.9 Å². The van der Waals surface area contributed by atoms with Gasteiger partial charge in [0, 0.05) is 18.8 Å². The lowest BCUT2D eigenvalue weighted by molar-refractivity contribution is 0.0526. The molecule has 0 saturated carbocycles. The largest absolute Gasteiger partial charge is 0.496 e. The molecule has 1 fully saturated rings. The van der Waals surface area contributed by atoms with Gasteiger partial charge in [-0.1, -0.05) is 12.1 Å². The smallest absolute Gasteiger partial charge is 0.340 e. The van der Waals surface area contributed by atoms with Crippen molar-refractivity contribution in [2.24, 2.45) is 0 Å². The molecule has 1 aliphatic heterocycles. The predicted molar refractivity (Wildman–Crippen MR) is 106 cm³/mol. The lowest BCUT2D eigenvalue weighted by Gasteiger charge is -2.30. The minimum atomic E-state index is -0.419. The minimum absolute atomic E-state index is 0.277. The maximum absolute atomic E-state index is 12.7. The van der Waals surface area contributed by atoms with Gasteiger partial charge in [-0.2, -0.15) is 0 Å². The molecule has 148 valence electrons. The number of ether oxygens (including phenoxy) is 3. The number of anilines is 2. The SMILES string of the molecule is CCOC(=O)c1cc(NC(=O)c2ccccc2OC)ccc1N1CCOCC1. The molecule has 1 heterocycles. The van der Waals surface area contributed by atoms with Crippen LogP contribution >= 0.6 is 0 Å². The normalized spacial score (nSPS) is 13.7. The lowest BCUT2D eigenvalue weighted by atomic mass is 10.1. The van der Waals surface area contributed by atoms with Crippen LogP contribution in [0.5, 0.6) is 5.75 Å². The van der Waals surface area contributed by atoms with Gasteiger partial charge in [0.25, 0.3) is 5.91 Å². The second-order valence-electron chi connectivity index (χ2n) is 6.21. The second-order valence-corrected chi connectivity index (χ2v) is 6.21. The van der Waals surface area contributed by atoms with Gasteiger partial charge in [0.15, 0.2) is 0 Å². The molecule has 2 aromatic rings. The van der Waals surface area contributed by atoms with E-state index in [4.69, 9.17) is 14.2 Å². The van der Waals surface area contributed by atoms with Crippen LogP contribution in [0.1, 0.15) is 27.6 Å². The number of hydrogen-bond acceptors (Lipinski definition) is 6. The summed E-state index contributed by atoms with van der Waals surface area (Å²) in [6.07, 6.45) is 0. The van der Waals surface area contributed by atoms with Crippen LogP contribution in [0, 0.1) is 0 Å². The van der Waals surface area contributed by atoms with Crippen molar-refractivity contribution in [2.45, 2.75) is 6.92 Å². The summed E-state index contributed by atoms with van der Waals surface area (Å²) < 4.78 is 15.8. The molecule has 0 aromatic heterocycles. The molecule has 1 amide bonds. The number of benzene rings is 2. The van der Waals surface area contributed by atoms with Gasteiger partial charge < -0.3 is 24.4 Å². The molecule has 2 aromatic carbocycles. The van der Waals surface area contributed by atoms with Gasteiger partial charge in [-0.3, -0.25) is 4.79 Å². The number of methoxy groups -OCH3 is 1. The van der Waals surface area contributed by atoms with Gasteiger partial charge in [0.2, 0.25) is 0 Å². The Morgan fingerprint density at radius 2 is 1.86 bits per heavy atom. The fourth-order valence-corrected chi connectivity index (χ4v) is 3.10. The summed E-state index contributed by atoms with van der Waals surface area (Å²) in [6.45, 7) is 4.64. The predicted octanol–water partition coefficient (Wildman–Crippen LogP) is 2.96. The number of rotatable bonds is 6. The number of para-hydroxylation sites is 1. The van der Waals surface area contributed by atoms with Crippen molar-refractivity contribution in [3.05, 3.63) is 53.6 Å². The summed E-state index contributed by atoms with van der Waals surface area (Å²) in [5, 5.41) is 2.83. The molecule has 28 heavy (non-hydrogen) atoms. The van der Waals surface area contributed by atoms with Crippen LogP contribution in [0.15, 0.2) is 42.5 Å². The second kappa shape index (κ2) is 9.23. The standard InChI is InChI=1S/C21H24N2O5/c1-3-28-21(25)17-14-15(8-9-18(17)23-10-12-27-13-11-23)22-20(24)16-6-4-5-7-19(16)26-2/h4-9,14H,3,10-13H2,1-2H3,(H,22,24). The van der Waals surface area contributed by atoms with Gasteiger partial charge in [-0.05, 0) is 37.3 Å². The number of nitrogens with zero attached hydrogens (tertiary/aromatic N) is 1. The van der Waals surface area contributed by atoms with Crippen molar-refractivity contribution in [1.82, 2.24) is 0 Å². The fraction of sp³-hybridized carbons (Fsp3) is 0.333. The first-order valence-corrected chi connectivity index (χ1v) is 9.22. The number of carbonyl (C=O) groups excluding carboxylic acids is 2. The Hall–Kier alpha value is -3.06. The van der Waals surface area contributed by atoms with E-state index in [1.807, 2.05) is 6.07 Å². The third kappa shape index (κ3) is 4.43. The molecule has 0 aliphatic carbocycles. The molecule has 0 atom stereocenters. The zero-order valence-electron chi connectivity index (χ0n) is 16.1. The summed E-state index contributed by atoms with van der Waals surface area (Å²) >= 11 is 0. The van der Waals surface area contributed by atoms with Crippen LogP contribution in [-0.2, 0) is 9.47 Å². The highest BCUT2D eigenvalue weighted by molar-refractivity contribution is 6.07. The third-order valence-electron chi connectivity index (χ3n) is 4.45. The molecule has 0 spiro atoms. The lowest BCUT2D eigenvalue weighted by Crippen LogP contribution is -2.37. The average Bonchev–Trinajstić information content (AvgIpc) is 2.74. The van der Waals surface area contributed by atoms with Crippen molar-refractivity contribution in [3.8, 4) is 5.75 Å². The van der Waals surface area contributed by atoms with Crippen LogP contribution in [0.2, 0.25) is 0 Å². The van der Waals surface area contributed by atoms with Gasteiger partial charge in [0.1, 0.15) is 5.75 Å². The van der Waals surface area contributed by atoms with E-state index in [0.717, 1.165) is 5.69 Å². The first kappa shape index (κ1) is 19.7. The van der Waals surface area contributed by atoms with Gasteiger partial charge >= 0.3 is 5.97 Å². The van der Waals surface area contributed by atoms with Crippen LogP contribution < -0.4 is 15.0 Å².